The number of anilines is 1. The van der Waals surface area contributed by atoms with Crippen LogP contribution in [0.15, 0.2) is 31.8 Å². The summed E-state index contributed by atoms with van der Waals surface area (Å²) in [5.74, 6) is 0.442. The highest BCUT2D eigenvalue weighted by molar-refractivity contribution is 6.10. The maximum Gasteiger partial charge on any atom is 0.336 e. The Morgan fingerprint density at radius 2 is 2.12 bits per heavy atom. The summed E-state index contributed by atoms with van der Waals surface area (Å²) in [4.78, 5) is 25.5. The summed E-state index contributed by atoms with van der Waals surface area (Å²) in [6.07, 6.45) is 2.19. The topological polar surface area (TPSA) is 89.7 Å². The summed E-state index contributed by atoms with van der Waals surface area (Å²) in [6.45, 7) is 4.61. The van der Waals surface area contributed by atoms with Gasteiger partial charge in [0, 0.05) is 30.5 Å². The minimum Gasteiger partial charge on any atom is -0.459 e. The molecule has 0 spiro atoms. The highest BCUT2D eigenvalue weighted by atomic mass is 16.4. The number of benzene rings is 1. The molecule has 1 aliphatic heterocycles. The quantitative estimate of drug-likeness (QED) is 0.740. The monoisotopic (exact) mass is 340 g/mol. The highest BCUT2D eigenvalue weighted by Gasteiger charge is 2.31. The van der Waals surface area contributed by atoms with Crippen molar-refractivity contribution in [1.29, 1.82) is 0 Å². The Hall–Kier alpha value is -2.76. The fourth-order valence-corrected chi connectivity index (χ4v) is 3.98. The normalized spacial score (nSPS) is 17.7. The lowest BCUT2D eigenvalue weighted by Gasteiger charge is -2.25. The van der Waals surface area contributed by atoms with Crippen molar-refractivity contribution >= 4 is 33.5 Å². The second-order valence-electron chi connectivity index (χ2n) is 6.73. The Bertz CT molecular complexity index is 1050. The van der Waals surface area contributed by atoms with Crippen LogP contribution in [0.1, 0.15) is 30.6 Å². The van der Waals surface area contributed by atoms with Crippen molar-refractivity contribution in [2.45, 2.75) is 39.2 Å². The molecule has 0 saturated carbocycles. The van der Waals surface area contributed by atoms with Crippen molar-refractivity contribution in [3.63, 3.8) is 0 Å². The van der Waals surface area contributed by atoms with E-state index in [0.717, 1.165) is 47.2 Å². The molecule has 1 aromatic carbocycles. The molecule has 1 saturated heterocycles. The second-order valence-corrected chi connectivity index (χ2v) is 6.73. The third-order valence-electron chi connectivity index (χ3n) is 5.02. The van der Waals surface area contributed by atoms with E-state index in [0.29, 0.717) is 17.6 Å². The number of nitrogens with zero attached hydrogens (tertiary/aromatic N) is 1. The molecule has 0 aliphatic carbocycles. The number of nitrogens with two attached hydrogens (primary N) is 1. The minimum atomic E-state index is -0.377. The Morgan fingerprint density at radius 1 is 1.32 bits per heavy atom. The third-order valence-corrected chi connectivity index (χ3v) is 5.02. The van der Waals surface area contributed by atoms with Crippen molar-refractivity contribution in [2.24, 2.45) is 5.73 Å². The van der Waals surface area contributed by atoms with Gasteiger partial charge in [-0.1, -0.05) is 0 Å². The van der Waals surface area contributed by atoms with Crippen molar-refractivity contribution in [3.8, 4) is 0 Å². The van der Waals surface area contributed by atoms with Gasteiger partial charge in [-0.2, -0.15) is 0 Å². The lowest BCUT2D eigenvalue weighted by atomic mass is 10.1. The lowest BCUT2D eigenvalue weighted by molar-refractivity contribution is -0.118. The molecule has 1 atom stereocenters. The summed E-state index contributed by atoms with van der Waals surface area (Å²) < 4.78 is 11.5. The van der Waals surface area contributed by atoms with Crippen LogP contribution in [-0.4, -0.2) is 18.5 Å². The van der Waals surface area contributed by atoms with E-state index < -0.39 is 0 Å². The number of rotatable bonds is 3. The predicted molar refractivity (Wildman–Crippen MR) is 95.9 cm³/mol. The molecule has 1 fully saturated rings. The zero-order valence-corrected chi connectivity index (χ0v) is 14.3. The van der Waals surface area contributed by atoms with Crippen LogP contribution in [-0.2, 0) is 4.79 Å². The Labute approximate surface area is 144 Å². The van der Waals surface area contributed by atoms with E-state index in [1.807, 2.05) is 26.0 Å². The van der Waals surface area contributed by atoms with Gasteiger partial charge in [-0.15, -0.1) is 0 Å². The number of fused-ring (bicyclic) bond motifs is 3. The Kier molecular flexibility index (Phi) is 3.56. The van der Waals surface area contributed by atoms with Crippen molar-refractivity contribution < 1.29 is 13.6 Å². The van der Waals surface area contributed by atoms with E-state index in [1.165, 1.54) is 6.07 Å². The first kappa shape index (κ1) is 15.7. The van der Waals surface area contributed by atoms with Crippen molar-refractivity contribution in [1.82, 2.24) is 0 Å². The molecule has 1 aliphatic rings. The summed E-state index contributed by atoms with van der Waals surface area (Å²) in [5, 5.41) is 1.69. The molecule has 130 valence electrons. The summed E-state index contributed by atoms with van der Waals surface area (Å²) in [5.41, 5.74) is 8.03. The van der Waals surface area contributed by atoms with Gasteiger partial charge in [-0.3, -0.25) is 4.79 Å². The first-order chi connectivity index (χ1) is 12.0. The summed E-state index contributed by atoms with van der Waals surface area (Å²) in [6, 6.07) is 5.35. The summed E-state index contributed by atoms with van der Waals surface area (Å²) >= 11 is 0. The van der Waals surface area contributed by atoms with Gasteiger partial charge in [0.2, 0.25) is 5.91 Å². The molecule has 0 radical (unpaired) electrons. The van der Waals surface area contributed by atoms with Gasteiger partial charge in [0.15, 0.2) is 5.58 Å². The SMILES string of the molecule is Cc1oc2ccc3c(C)cc(=O)oc3c2c1N1CCCC1CC(N)=O. The molecule has 6 nitrogen and oxygen atoms in total. The molecule has 6 heteroatoms. The zero-order chi connectivity index (χ0) is 17.7. The molecule has 3 heterocycles. The molecule has 0 bridgehead atoms. The maximum absolute atomic E-state index is 11.9. The lowest BCUT2D eigenvalue weighted by Crippen LogP contribution is -2.33. The van der Waals surface area contributed by atoms with Crippen molar-refractivity contribution in [3.05, 3.63) is 39.9 Å². The number of furan rings is 1. The molecule has 25 heavy (non-hydrogen) atoms. The number of amides is 1. The largest absolute Gasteiger partial charge is 0.459 e. The molecular weight excluding hydrogens is 320 g/mol. The molecule has 4 rings (SSSR count). The van der Waals surface area contributed by atoms with Gasteiger partial charge < -0.3 is 19.5 Å². The van der Waals surface area contributed by atoms with Crippen LogP contribution in [0.3, 0.4) is 0 Å². The van der Waals surface area contributed by atoms with Crippen LogP contribution in [0.4, 0.5) is 5.69 Å². The summed E-state index contributed by atoms with van der Waals surface area (Å²) in [7, 11) is 0. The van der Waals surface area contributed by atoms with Gasteiger partial charge in [0.25, 0.3) is 0 Å². The van der Waals surface area contributed by atoms with Crippen molar-refractivity contribution in [2.75, 3.05) is 11.4 Å². The van der Waals surface area contributed by atoms with E-state index in [4.69, 9.17) is 14.6 Å². The zero-order valence-electron chi connectivity index (χ0n) is 14.3. The van der Waals surface area contributed by atoms with Gasteiger partial charge in [-0.05, 0) is 44.4 Å². The van der Waals surface area contributed by atoms with Crippen LogP contribution < -0.4 is 16.3 Å². The average Bonchev–Trinajstić information content (AvgIpc) is 3.09. The fraction of sp³-hybridized carbons (Fsp3) is 0.368. The fourth-order valence-electron chi connectivity index (χ4n) is 3.98. The van der Waals surface area contributed by atoms with E-state index in [2.05, 4.69) is 4.90 Å². The van der Waals surface area contributed by atoms with E-state index >= 15 is 0 Å². The van der Waals surface area contributed by atoms with Gasteiger partial charge in [0.1, 0.15) is 11.3 Å². The minimum absolute atomic E-state index is 0.0452. The Morgan fingerprint density at radius 3 is 2.88 bits per heavy atom. The standard InChI is InChI=1S/C19H20N2O4/c1-10-8-16(23)25-19-13(10)5-6-14-17(19)18(11(2)24-14)21-7-3-4-12(21)9-15(20)22/h5-6,8,12H,3-4,7,9H2,1-2H3,(H2,20,22). The van der Waals surface area contributed by atoms with Crippen LogP contribution in [0.5, 0.6) is 0 Å². The van der Waals surface area contributed by atoms with Gasteiger partial charge in [-0.25, -0.2) is 4.79 Å². The highest BCUT2D eigenvalue weighted by Crippen LogP contribution is 2.41. The first-order valence-electron chi connectivity index (χ1n) is 8.47. The van der Waals surface area contributed by atoms with E-state index in [-0.39, 0.29) is 17.6 Å². The molecule has 1 unspecified atom stereocenters. The van der Waals surface area contributed by atoms with Gasteiger partial charge in [0.05, 0.1) is 11.1 Å². The van der Waals surface area contributed by atoms with Crippen LogP contribution in [0.2, 0.25) is 0 Å². The molecule has 2 aromatic heterocycles. The number of hydrogen-bond donors (Lipinski definition) is 1. The van der Waals surface area contributed by atoms with Crippen LogP contribution in [0.25, 0.3) is 21.9 Å². The molecule has 2 N–H and O–H groups in total. The third kappa shape index (κ3) is 2.49. The van der Waals surface area contributed by atoms with Gasteiger partial charge >= 0.3 is 5.63 Å². The predicted octanol–water partition coefficient (Wildman–Crippen LogP) is 3.00. The molecule has 3 aromatic rings. The molecule has 1 amide bonds. The number of aryl methyl sites for hydroxylation is 2. The first-order valence-corrected chi connectivity index (χ1v) is 8.47. The smallest absolute Gasteiger partial charge is 0.336 e. The number of carbonyl (C=O) groups excluding carboxylic acids is 1. The maximum atomic E-state index is 11.9. The van der Waals surface area contributed by atoms with Crippen LogP contribution in [0, 0.1) is 13.8 Å². The van der Waals surface area contributed by atoms with Crippen LogP contribution >= 0.6 is 0 Å². The Balaban J connectivity index is 2.00. The second kappa shape index (κ2) is 5.65. The molecular formula is C19H20N2O4. The number of carbonyl (C=O) groups is 1. The average molecular weight is 340 g/mol. The number of primary amides is 1. The number of hydrogen-bond acceptors (Lipinski definition) is 5. The van der Waals surface area contributed by atoms with E-state index in [9.17, 15) is 9.59 Å². The van der Waals surface area contributed by atoms with E-state index in [1.54, 1.807) is 0 Å².